The third kappa shape index (κ3) is 3.21. The SMILES string of the molecule is CCC1(C)CCOC(c2cccc(Cl)c2)CN1. The van der Waals surface area contributed by atoms with Crippen LogP contribution in [0.1, 0.15) is 38.4 Å². The lowest BCUT2D eigenvalue weighted by atomic mass is 9.95. The molecule has 1 heterocycles. The Bertz CT molecular complexity index is 382. The van der Waals surface area contributed by atoms with Crippen molar-refractivity contribution in [1.82, 2.24) is 5.32 Å². The van der Waals surface area contributed by atoms with Gasteiger partial charge in [0.15, 0.2) is 0 Å². The quantitative estimate of drug-likeness (QED) is 0.870. The first-order valence-corrected chi connectivity index (χ1v) is 6.63. The highest BCUT2D eigenvalue weighted by Gasteiger charge is 2.27. The first-order chi connectivity index (χ1) is 8.13. The van der Waals surface area contributed by atoms with E-state index in [2.05, 4.69) is 25.2 Å². The van der Waals surface area contributed by atoms with Crippen LogP contribution in [-0.4, -0.2) is 18.7 Å². The average molecular weight is 254 g/mol. The fraction of sp³-hybridized carbons (Fsp3) is 0.571. The molecule has 0 aliphatic carbocycles. The number of hydrogen-bond acceptors (Lipinski definition) is 2. The molecule has 94 valence electrons. The molecule has 2 unspecified atom stereocenters. The van der Waals surface area contributed by atoms with Crippen LogP contribution in [0, 0.1) is 0 Å². The van der Waals surface area contributed by atoms with Crippen LogP contribution in [0.5, 0.6) is 0 Å². The van der Waals surface area contributed by atoms with E-state index in [1.807, 2.05) is 18.2 Å². The first kappa shape index (κ1) is 12.9. The van der Waals surface area contributed by atoms with E-state index in [-0.39, 0.29) is 11.6 Å². The summed E-state index contributed by atoms with van der Waals surface area (Å²) in [6.07, 6.45) is 2.29. The highest BCUT2D eigenvalue weighted by molar-refractivity contribution is 6.30. The smallest absolute Gasteiger partial charge is 0.0949 e. The Labute approximate surface area is 108 Å². The summed E-state index contributed by atoms with van der Waals surface area (Å²) in [7, 11) is 0. The molecule has 1 aromatic rings. The Balaban J connectivity index is 2.09. The lowest BCUT2D eigenvalue weighted by molar-refractivity contribution is 0.0653. The molecule has 2 atom stereocenters. The van der Waals surface area contributed by atoms with Crippen molar-refractivity contribution in [3.63, 3.8) is 0 Å². The van der Waals surface area contributed by atoms with E-state index >= 15 is 0 Å². The molecule has 0 bridgehead atoms. The zero-order chi connectivity index (χ0) is 12.3. The van der Waals surface area contributed by atoms with Gasteiger partial charge in [-0.05, 0) is 37.5 Å². The summed E-state index contributed by atoms with van der Waals surface area (Å²) in [6.45, 7) is 6.13. The summed E-state index contributed by atoms with van der Waals surface area (Å²) in [5.74, 6) is 0. The Morgan fingerprint density at radius 2 is 2.35 bits per heavy atom. The van der Waals surface area contributed by atoms with Crippen LogP contribution in [0.15, 0.2) is 24.3 Å². The summed E-state index contributed by atoms with van der Waals surface area (Å²) in [5.41, 5.74) is 1.36. The Hall–Kier alpha value is -0.570. The third-order valence-corrected chi connectivity index (χ3v) is 3.92. The van der Waals surface area contributed by atoms with Crippen molar-refractivity contribution in [3.8, 4) is 0 Å². The second kappa shape index (κ2) is 5.38. The van der Waals surface area contributed by atoms with Gasteiger partial charge in [0.25, 0.3) is 0 Å². The van der Waals surface area contributed by atoms with Crippen molar-refractivity contribution < 1.29 is 4.74 Å². The predicted molar refractivity (Wildman–Crippen MR) is 71.5 cm³/mol. The normalized spacial score (nSPS) is 29.9. The average Bonchev–Trinajstić information content (AvgIpc) is 2.52. The van der Waals surface area contributed by atoms with Crippen LogP contribution < -0.4 is 5.32 Å². The van der Waals surface area contributed by atoms with E-state index < -0.39 is 0 Å². The standard InChI is InChI=1S/C14H20ClNO/c1-3-14(2)7-8-17-13(10-16-14)11-5-4-6-12(15)9-11/h4-6,9,13,16H,3,7-8,10H2,1-2H3. The molecule has 1 aliphatic heterocycles. The van der Waals surface area contributed by atoms with Gasteiger partial charge in [-0.3, -0.25) is 0 Å². The molecule has 0 aromatic heterocycles. The van der Waals surface area contributed by atoms with Crippen LogP contribution in [0.2, 0.25) is 5.02 Å². The number of rotatable bonds is 2. The molecule has 0 spiro atoms. The molecule has 17 heavy (non-hydrogen) atoms. The van der Waals surface area contributed by atoms with Crippen LogP contribution >= 0.6 is 11.6 Å². The highest BCUT2D eigenvalue weighted by Crippen LogP contribution is 2.26. The van der Waals surface area contributed by atoms with Gasteiger partial charge in [0, 0.05) is 23.7 Å². The second-order valence-corrected chi connectivity index (χ2v) is 5.40. The number of benzene rings is 1. The van der Waals surface area contributed by atoms with E-state index in [1.54, 1.807) is 0 Å². The van der Waals surface area contributed by atoms with E-state index in [0.29, 0.717) is 0 Å². The molecule has 0 amide bonds. The molecule has 1 aromatic carbocycles. The number of nitrogens with one attached hydrogen (secondary N) is 1. The number of hydrogen-bond donors (Lipinski definition) is 1. The maximum absolute atomic E-state index is 6.01. The fourth-order valence-electron chi connectivity index (χ4n) is 2.14. The molecule has 1 saturated heterocycles. The maximum Gasteiger partial charge on any atom is 0.0949 e. The maximum atomic E-state index is 6.01. The van der Waals surface area contributed by atoms with Gasteiger partial charge in [-0.1, -0.05) is 30.7 Å². The highest BCUT2D eigenvalue weighted by atomic mass is 35.5. The first-order valence-electron chi connectivity index (χ1n) is 6.25. The van der Waals surface area contributed by atoms with Crippen LogP contribution in [-0.2, 0) is 4.74 Å². The van der Waals surface area contributed by atoms with Crippen molar-refractivity contribution in [2.75, 3.05) is 13.2 Å². The third-order valence-electron chi connectivity index (χ3n) is 3.69. The zero-order valence-corrected chi connectivity index (χ0v) is 11.3. The van der Waals surface area contributed by atoms with E-state index in [1.165, 1.54) is 0 Å². The summed E-state index contributed by atoms with van der Waals surface area (Å²) >= 11 is 6.01. The molecule has 2 rings (SSSR count). The molecule has 1 fully saturated rings. The topological polar surface area (TPSA) is 21.3 Å². The zero-order valence-electron chi connectivity index (χ0n) is 10.5. The Morgan fingerprint density at radius 1 is 1.53 bits per heavy atom. The predicted octanol–water partition coefficient (Wildman–Crippen LogP) is 3.56. The van der Waals surface area contributed by atoms with Gasteiger partial charge in [0.2, 0.25) is 0 Å². The van der Waals surface area contributed by atoms with E-state index in [4.69, 9.17) is 16.3 Å². The Kier molecular flexibility index (Phi) is 4.08. The van der Waals surface area contributed by atoms with Crippen molar-refractivity contribution in [2.45, 2.75) is 38.3 Å². The summed E-state index contributed by atoms with van der Waals surface area (Å²) in [4.78, 5) is 0. The van der Waals surface area contributed by atoms with Crippen molar-refractivity contribution in [1.29, 1.82) is 0 Å². The van der Waals surface area contributed by atoms with Crippen molar-refractivity contribution in [2.24, 2.45) is 0 Å². The van der Waals surface area contributed by atoms with Gasteiger partial charge in [-0.25, -0.2) is 0 Å². The van der Waals surface area contributed by atoms with Crippen LogP contribution in [0.25, 0.3) is 0 Å². The largest absolute Gasteiger partial charge is 0.372 e. The van der Waals surface area contributed by atoms with Crippen molar-refractivity contribution >= 4 is 11.6 Å². The molecular weight excluding hydrogens is 234 g/mol. The minimum Gasteiger partial charge on any atom is -0.372 e. The van der Waals surface area contributed by atoms with Gasteiger partial charge < -0.3 is 10.1 Å². The van der Waals surface area contributed by atoms with Gasteiger partial charge >= 0.3 is 0 Å². The van der Waals surface area contributed by atoms with E-state index in [9.17, 15) is 0 Å². The fourth-order valence-corrected chi connectivity index (χ4v) is 2.33. The molecule has 0 radical (unpaired) electrons. The molecule has 3 heteroatoms. The summed E-state index contributed by atoms with van der Waals surface area (Å²) in [6, 6.07) is 7.94. The Morgan fingerprint density at radius 3 is 3.06 bits per heavy atom. The second-order valence-electron chi connectivity index (χ2n) is 4.96. The van der Waals surface area contributed by atoms with Gasteiger partial charge in [0.05, 0.1) is 6.10 Å². The number of halogens is 1. The van der Waals surface area contributed by atoms with Gasteiger partial charge in [-0.2, -0.15) is 0 Å². The molecule has 1 aliphatic rings. The van der Waals surface area contributed by atoms with E-state index in [0.717, 1.165) is 36.6 Å². The van der Waals surface area contributed by atoms with Crippen LogP contribution in [0.3, 0.4) is 0 Å². The molecular formula is C14H20ClNO. The van der Waals surface area contributed by atoms with Gasteiger partial charge in [0.1, 0.15) is 0 Å². The summed E-state index contributed by atoms with van der Waals surface area (Å²) < 4.78 is 5.92. The molecule has 0 saturated carbocycles. The minimum atomic E-state index is 0.113. The molecule has 2 nitrogen and oxygen atoms in total. The van der Waals surface area contributed by atoms with Crippen molar-refractivity contribution in [3.05, 3.63) is 34.9 Å². The van der Waals surface area contributed by atoms with Gasteiger partial charge in [-0.15, -0.1) is 0 Å². The lowest BCUT2D eigenvalue weighted by Gasteiger charge is -2.27. The summed E-state index contributed by atoms with van der Waals surface area (Å²) in [5, 5.41) is 4.38. The molecule has 1 N–H and O–H groups in total. The minimum absolute atomic E-state index is 0.113. The monoisotopic (exact) mass is 253 g/mol. The number of ether oxygens (including phenoxy) is 1. The van der Waals surface area contributed by atoms with Crippen LogP contribution in [0.4, 0.5) is 0 Å². The lowest BCUT2D eigenvalue weighted by Crippen LogP contribution is -2.42.